The van der Waals surface area contributed by atoms with E-state index in [1.807, 2.05) is 38.1 Å². The average Bonchev–Trinajstić information content (AvgIpc) is 3.39. The molecule has 2 amide bonds. The van der Waals surface area contributed by atoms with Crippen LogP contribution < -0.4 is 15.4 Å². The molecule has 220 valence electrons. The maximum atomic E-state index is 13.6. The molecule has 1 saturated heterocycles. The highest BCUT2D eigenvalue weighted by Gasteiger charge is 2.23. The van der Waals surface area contributed by atoms with Gasteiger partial charge >= 0.3 is 0 Å². The van der Waals surface area contributed by atoms with E-state index < -0.39 is 0 Å². The molecule has 1 aliphatic rings. The highest BCUT2D eigenvalue weighted by molar-refractivity contribution is 6.12. The minimum Gasteiger partial charge on any atom is -0.492 e. The second kappa shape index (κ2) is 13.2. The smallest absolute Gasteiger partial charge is 0.255 e. The molecule has 4 aromatic rings. The number of hydrogen-bond acceptors (Lipinski definition) is 6. The number of amides is 2. The summed E-state index contributed by atoms with van der Waals surface area (Å²) in [5, 5.41) is 6.27. The number of hydrogen-bond donors (Lipinski definition) is 2. The number of carbonyl (C=O) groups is 2. The van der Waals surface area contributed by atoms with Crippen LogP contribution in [0.3, 0.4) is 0 Å². The number of halogens is 1. The van der Waals surface area contributed by atoms with Gasteiger partial charge in [0, 0.05) is 55.3 Å². The number of ether oxygens (including phenoxy) is 2. The number of fused-ring (bicyclic) bond motifs is 1. The Hall–Kier alpha value is -4.21. The summed E-state index contributed by atoms with van der Waals surface area (Å²) in [7, 11) is 1.55. The van der Waals surface area contributed by atoms with Crippen LogP contribution in [0.5, 0.6) is 5.75 Å². The molecule has 42 heavy (non-hydrogen) atoms. The summed E-state index contributed by atoms with van der Waals surface area (Å²) in [6.45, 7) is 9.02. The molecule has 0 bridgehead atoms. The van der Waals surface area contributed by atoms with E-state index in [1.165, 1.54) is 12.1 Å². The standard InChI is InChI=1S/C33H36FN3O5/c1-21(2)20-36-32(38)24-7-10-28(41-17-14-37-12-15-40-16-13-37)26(19-24)23-6-11-29-27(18-23)30(33(39)35-3)31(42-29)22-4-8-25(34)9-5-22/h4-11,18-19,21H,12-17,20H2,1-3H3,(H,35,39)(H,36,38). The Morgan fingerprint density at radius 1 is 0.976 bits per heavy atom. The van der Waals surface area contributed by atoms with Crippen molar-refractivity contribution in [2.24, 2.45) is 5.92 Å². The molecule has 0 atom stereocenters. The van der Waals surface area contributed by atoms with E-state index in [9.17, 15) is 14.0 Å². The van der Waals surface area contributed by atoms with E-state index in [0.717, 1.165) is 30.8 Å². The molecule has 0 radical (unpaired) electrons. The summed E-state index contributed by atoms with van der Waals surface area (Å²) in [6.07, 6.45) is 0. The lowest BCUT2D eigenvalue weighted by atomic mass is 9.98. The van der Waals surface area contributed by atoms with E-state index in [1.54, 1.807) is 31.3 Å². The molecule has 0 spiro atoms. The van der Waals surface area contributed by atoms with Gasteiger partial charge in [-0.2, -0.15) is 0 Å². The fourth-order valence-electron chi connectivity index (χ4n) is 4.95. The molecule has 9 heteroatoms. The maximum absolute atomic E-state index is 13.6. The fourth-order valence-corrected chi connectivity index (χ4v) is 4.95. The third kappa shape index (κ3) is 6.64. The van der Waals surface area contributed by atoms with Crippen LogP contribution >= 0.6 is 0 Å². The predicted molar refractivity (Wildman–Crippen MR) is 160 cm³/mol. The lowest BCUT2D eigenvalue weighted by Crippen LogP contribution is -2.38. The number of nitrogens with zero attached hydrogens (tertiary/aromatic N) is 1. The number of benzene rings is 3. The first-order valence-electron chi connectivity index (χ1n) is 14.2. The van der Waals surface area contributed by atoms with Crippen LogP contribution in [-0.2, 0) is 4.74 Å². The quantitative estimate of drug-likeness (QED) is 0.265. The van der Waals surface area contributed by atoms with Crippen molar-refractivity contribution in [2.45, 2.75) is 13.8 Å². The third-order valence-corrected chi connectivity index (χ3v) is 7.24. The third-order valence-electron chi connectivity index (χ3n) is 7.24. The molecular formula is C33H36FN3O5. The van der Waals surface area contributed by atoms with Gasteiger partial charge in [0.2, 0.25) is 0 Å². The topological polar surface area (TPSA) is 93.0 Å². The van der Waals surface area contributed by atoms with Crippen molar-refractivity contribution in [3.05, 3.63) is 77.6 Å². The summed E-state index contributed by atoms with van der Waals surface area (Å²) in [6, 6.07) is 16.8. The van der Waals surface area contributed by atoms with Crippen LogP contribution in [0.25, 0.3) is 33.4 Å². The van der Waals surface area contributed by atoms with Crippen LogP contribution in [-0.4, -0.2) is 69.8 Å². The molecular weight excluding hydrogens is 537 g/mol. The van der Waals surface area contributed by atoms with Gasteiger partial charge in [-0.1, -0.05) is 19.9 Å². The summed E-state index contributed by atoms with van der Waals surface area (Å²) in [5.74, 6) is 0.431. The Labute approximate surface area is 244 Å². The van der Waals surface area contributed by atoms with Gasteiger partial charge in [0.25, 0.3) is 11.8 Å². The number of nitrogens with one attached hydrogen (secondary N) is 2. The fraction of sp³-hybridized carbons (Fsp3) is 0.333. The van der Waals surface area contributed by atoms with Crippen molar-refractivity contribution in [3.8, 4) is 28.2 Å². The van der Waals surface area contributed by atoms with Crippen LogP contribution in [0, 0.1) is 11.7 Å². The summed E-state index contributed by atoms with van der Waals surface area (Å²) in [5.41, 5.74) is 3.45. The SMILES string of the molecule is CNC(=O)c1c(-c2ccc(F)cc2)oc2ccc(-c3cc(C(=O)NCC(C)C)ccc3OCCN3CCOCC3)cc12. The molecule has 2 N–H and O–H groups in total. The molecule has 1 fully saturated rings. The predicted octanol–water partition coefficient (Wildman–Crippen LogP) is 5.36. The van der Waals surface area contributed by atoms with E-state index in [0.29, 0.717) is 71.5 Å². The van der Waals surface area contributed by atoms with Gasteiger partial charge in [-0.25, -0.2) is 4.39 Å². The van der Waals surface area contributed by atoms with Gasteiger partial charge in [-0.15, -0.1) is 0 Å². The number of carbonyl (C=O) groups excluding carboxylic acids is 2. The minimum absolute atomic E-state index is 0.168. The molecule has 2 heterocycles. The first-order valence-corrected chi connectivity index (χ1v) is 14.2. The maximum Gasteiger partial charge on any atom is 0.255 e. The molecule has 0 saturated carbocycles. The minimum atomic E-state index is -0.378. The van der Waals surface area contributed by atoms with Crippen LogP contribution in [0.15, 0.2) is 65.1 Å². The lowest BCUT2D eigenvalue weighted by Gasteiger charge is -2.26. The zero-order valence-corrected chi connectivity index (χ0v) is 24.2. The molecule has 5 rings (SSSR count). The van der Waals surface area contributed by atoms with Crippen LogP contribution in [0.4, 0.5) is 4.39 Å². The Balaban J connectivity index is 1.54. The summed E-state index contributed by atoms with van der Waals surface area (Å²) >= 11 is 0. The van der Waals surface area contributed by atoms with Crippen molar-refractivity contribution in [1.29, 1.82) is 0 Å². The van der Waals surface area contributed by atoms with Crippen molar-refractivity contribution in [3.63, 3.8) is 0 Å². The Morgan fingerprint density at radius 3 is 2.43 bits per heavy atom. The Bertz CT molecular complexity index is 1560. The molecule has 3 aromatic carbocycles. The van der Waals surface area contributed by atoms with Gasteiger partial charge in [-0.05, 0) is 66.1 Å². The molecule has 0 unspecified atom stereocenters. The van der Waals surface area contributed by atoms with E-state index in [2.05, 4.69) is 15.5 Å². The highest BCUT2D eigenvalue weighted by Crippen LogP contribution is 2.38. The van der Waals surface area contributed by atoms with Gasteiger partial charge in [0.1, 0.15) is 29.5 Å². The molecule has 1 aromatic heterocycles. The molecule has 0 aliphatic carbocycles. The van der Waals surface area contributed by atoms with Crippen molar-refractivity contribution >= 4 is 22.8 Å². The number of rotatable bonds is 10. The van der Waals surface area contributed by atoms with E-state index >= 15 is 0 Å². The van der Waals surface area contributed by atoms with Gasteiger partial charge in [0.15, 0.2) is 0 Å². The summed E-state index contributed by atoms with van der Waals surface area (Å²) < 4.78 is 31.5. The molecule has 1 aliphatic heterocycles. The van der Waals surface area contributed by atoms with Crippen LogP contribution in [0.1, 0.15) is 34.6 Å². The Morgan fingerprint density at radius 2 is 1.71 bits per heavy atom. The van der Waals surface area contributed by atoms with E-state index in [4.69, 9.17) is 13.9 Å². The van der Waals surface area contributed by atoms with E-state index in [-0.39, 0.29) is 17.6 Å². The first-order chi connectivity index (χ1) is 20.3. The van der Waals surface area contributed by atoms with Crippen molar-refractivity contribution in [1.82, 2.24) is 15.5 Å². The van der Waals surface area contributed by atoms with Gasteiger partial charge in [-0.3, -0.25) is 14.5 Å². The van der Waals surface area contributed by atoms with Crippen molar-refractivity contribution in [2.75, 3.05) is 53.0 Å². The van der Waals surface area contributed by atoms with Crippen LogP contribution in [0.2, 0.25) is 0 Å². The Kier molecular flexibility index (Phi) is 9.19. The zero-order chi connectivity index (χ0) is 29.6. The largest absolute Gasteiger partial charge is 0.492 e. The molecule has 8 nitrogen and oxygen atoms in total. The van der Waals surface area contributed by atoms with Gasteiger partial charge in [0.05, 0.1) is 18.8 Å². The monoisotopic (exact) mass is 573 g/mol. The number of furan rings is 1. The van der Waals surface area contributed by atoms with Gasteiger partial charge < -0.3 is 24.5 Å². The average molecular weight is 574 g/mol. The normalized spacial score (nSPS) is 13.8. The van der Waals surface area contributed by atoms with Crippen molar-refractivity contribution < 1.29 is 27.9 Å². The summed E-state index contributed by atoms with van der Waals surface area (Å²) in [4.78, 5) is 28.4. The number of morpholine rings is 1. The second-order valence-electron chi connectivity index (χ2n) is 10.7. The lowest BCUT2D eigenvalue weighted by molar-refractivity contribution is 0.0323. The second-order valence-corrected chi connectivity index (χ2v) is 10.7. The zero-order valence-electron chi connectivity index (χ0n) is 24.2. The highest BCUT2D eigenvalue weighted by atomic mass is 19.1. The first kappa shape index (κ1) is 29.3.